The molecular weight excluding hydrogens is 366 g/mol. The number of benzene rings is 1. The number of hydrogen-bond acceptors (Lipinski definition) is 7. The molecule has 0 amide bonds. The molecule has 4 aromatic rings. The average Bonchev–Trinajstić information content (AvgIpc) is 3.20. The van der Waals surface area contributed by atoms with E-state index < -0.39 is 0 Å². The fourth-order valence-corrected chi connectivity index (χ4v) is 2.79. The molecule has 0 aliphatic heterocycles. The molecule has 0 aliphatic carbocycles. The standard InChI is InChI=1S/C22H21N5O2/c1-22(2,3)15-4-6-16(7-5-15)28-17-12-18(19(23)25-13-17)21-27-26-20(29-21)14-8-10-24-11-9-14/h4-13H,1-3H3,(H2,23,25). The molecule has 29 heavy (non-hydrogen) atoms. The molecule has 0 unspecified atom stereocenters. The van der Waals surface area contributed by atoms with Crippen LogP contribution in [0.5, 0.6) is 11.5 Å². The smallest absolute Gasteiger partial charge is 0.252 e. The predicted molar refractivity (Wildman–Crippen MR) is 110 cm³/mol. The first-order valence-corrected chi connectivity index (χ1v) is 9.18. The Morgan fingerprint density at radius 3 is 2.28 bits per heavy atom. The number of ether oxygens (including phenoxy) is 1. The monoisotopic (exact) mass is 387 g/mol. The Kier molecular flexibility index (Phi) is 4.72. The van der Waals surface area contributed by atoms with Crippen molar-refractivity contribution >= 4 is 5.82 Å². The highest BCUT2D eigenvalue weighted by atomic mass is 16.5. The number of nitrogens with zero attached hydrogens (tertiary/aromatic N) is 4. The lowest BCUT2D eigenvalue weighted by Crippen LogP contribution is -2.10. The van der Waals surface area contributed by atoms with Crippen LogP contribution in [-0.4, -0.2) is 20.2 Å². The predicted octanol–water partition coefficient (Wildman–Crippen LogP) is 4.87. The topological polar surface area (TPSA) is 100.0 Å². The number of hydrogen-bond donors (Lipinski definition) is 1. The quantitative estimate of drug-likeness (QED) is 0.533. The zero-order valence-electron chi connectivity index (χ0n) is 16.5. The molecule has 0 aliphatic rings. The van der Waals surface area contributed by atoms with E-state index in [0.717, 1.165) is 5.56 Å². The SMILES string of the molecule is CC(C)(C)c1ccc(Oc2cnc(N)c(-c3nnc(-c4ccncc4)o3)c2)cc1. The van der Waals surface area contributed by atoms with Crippen molar-refractivity contribution in [3.8, 4) is 34.4 Å². The van der Waals surface area contributed by atoms with Crippen LogP contribution in [-0.2, 0) is 5.41 Å². The van der Waals surface area contributed by atoms with Crippen LogP contribution in [0, 0.1) is 0 Å². The second-order valence-electron chi connectivity index (χ2n) is 7.63. The molecule has 7 nitrogen and oxygen atoms in total. The van der Waals surface area contributed by atoms with Gasteiger partial charge in [0.2, 0.25) is 5.89 Å². The second-order valence-corrected chi connectivity index (χ2v) is 7.63. The van der Waals surface area contributed by atoms with Crippen LogP contribution in [0.4, 0.5) is 5.82 Å². The minimum atomic E-state index is 0.0823. The number of nitrogen functional groups attached to an aromatic ring is 1. The van der Waals surface area contributed by atoms with Crippen molar-refractivity contribution in [2.45, 2.75) is 26.2 Å². The molecule has 1 aromatic carbocycles. The van der Waals surface area contributed by atoms with Gasteiger partial charge in [0.25, 0.3) is 5.89 Å². The minimum absolute atomic E-state index is 0.0823. The fraction of sp³-hybridized carbons (Fsp3) is 0.182. The number of nitrogens with two attached hydrogens (primary N) is 1. The zero-order valence-corrected chi connectivity index (χ0v) is 16.5. The van der Waals surface area contributed by atoms with Crippen LogP contribution in [0.3, 0.4) is 0 Å². The summed E-state index contributed by atoms with van der Waals surface area (Å²) in [6, 6.07) is 13.3. The molecular formula is C22H21N5O2. The highest BCUT2D eigenvalue weighted by Gasteiger charge is 2.16. The van der Waals surface area contributed by atoms with Crippen LogP contribution < -0.4 is 10.5 Å². The minimum Gasteiger partial charge on any atom is -0.456 e. The zero-order chi connectivity index (χ0) is 20.4. The summed E-state index contributed by atoms with van der Waals surface area (Å²) >= 11 is 0. The third-order valence-corrected chi connectivity index (χ3v) is 4.43. The lowest BCUT2D eigenvalue weighted by atomic mass is 9.87. The van der Waals surface area contributed by atoms with Gasteiger partial charge in [0.1, 0.15) is 17.3 Å². The molecule has 0 atom stereocenters. The first-order chi connectivity index (χ1) is 13.9. The van der Waals surface area contributed by atoms with Gasteiger partial charge < -0.3 is 14.9 Å². The van der Waals surface area contributed by atoms with Crippen molar-refractivity contribution in [1.82, 2.24) is 20.2 Å². The van der Waals surface area contributed by atoms with Crippen molar-refractivity contribution in [1.29, 1.82) is 0 Å². The van der Waals surface area contributed by atoms with Gasteiger partial charge in [-0.2, -0.15) is 0 Å². The number of pyridine rings is 2. The van der Waals surface area contributed by atoms with E-state index in [4.69, 9.17) is 14.9 Å². The van der Waals surface area contributed by atoms with Crippen molar-refractivity contribution in [3.63, 3.8) is 0 Å². The summed E-state index contributed by atoms with van der Waals surface area (Å²) in [6.07, 6.45) is 4.89. The molecule has 7 heteroatoms. The Labute approximate surface area is 168 Å². The lowest BCUT2D eigenvalue weighted by molar-refractivity contribution is 0.479. The van der Waals surface area contributed by atoms with Gasteiger partial charge >= 0.3 is 0 Å². The maximum atomic E-state index is 6.03. The summed E-state index contributed by atoms with van der Waals surface area (Å²) in [5.41, 5.74) is 8.63. The first-order valence-electron chi connectivity index (χ1n) is 9.18. The normalized spacial score (nSPS) is 11.4. The molecule has 2 N–H and O–H groups in total. The van der Waals surface area contributed by atoms with E-state index in [2.05, 4.69) is 53.1 Å². The third kappa shape index (κ3) is 4.08. The molecule has 0 bridgehead atoms. The molecule has 4 rings (SSSR count). The highest BCUT2D eigenvalue weighted by molar-refractivity contribution is 5.69. The van der Waals surface area contributed by atoms with Crippen LogP contribution in [0.25, 0.3) is 22.9 Å². The molecule has 3 aromatic heterocycles. The highest BCUT2D eigenvalue weighted by Crippen LogP contribution is 2.32. The summed E-state index contributed by atoms with van der Waals surface area (Å²) in [5, 5.41) is 8.18. The Bertz CT molecular complexity index is 1120. The van der Waals surface area contributed by atoms with Gasteiger partial charge in [-0.25, -0.2) is 4.98 Å². The molecule has 0 saturated carbocycles. The van der Waals surface area contributed by atoms with Gasteiger partial charge in [0.15, 0.2) is 0 Å². The lowest BCUT2D eigenvalue weighted by Gasteiger charge is -2.19. The summed E-state index contributed by atoms with van der Waals surface area (Å²) < 4.78 is 11.7. The van der Waals surface area contributed by atoms with E-state index in [1.54, 1.807) is 36.8 Å². The van der Waals surface area contributed by atoms with E-state index in [1.165, 1.54) is 5.56 Å². The van der Waals surface area contributed by atoms with E-state index >= 15 is 0 Å². The van der Waals surface area contributed by atoms with Gasteiger partial charge in [-0.15, -0.1) is 10.2 Å². The van der Waals surface area contributed by atoms with E-state index in [1.807, 2.05) is 12.1 Å². The third-order valence-electron chi connectivity index (χ3n) is 4.43. The Hall–Kier alpha value is -3.74. The molecule has 0 spiro atoms. The van der Waals surface area contributed by atoms with E-state index in [9.17, 15) is 0 Å². The molecule has 146 valence electrons. The Morgan fingerprint density at radius 1 is 0.897 bits per heavy atom. The summed E-state index contributed by atoms with van der Waals surface area (Å²) in [6.45, 7) is 6.51. The van der Waals surface area contributed by atoms with Crippen LogP contribution in [0.1, 0.15) is 26.3 Å². The Morgan fingerprint density at radius 2 is 1.59 bits per heavy atom. The van der Waals surface area contributed by atoms with Crippen molar-refractivity contribution < 1.29 is 9.15 Å². The van der Waals surface area contributed by atoms with Crippen molar-refractivity contribution in [3.05, 3.63) is 66.6 Å². The molecule has 3 heterocycles. The molecule has 0 saturated heterocycles. The average molecular weight is 387 g/mol. The fourth-order valence-electron chi connectivity index (χ4n) is 2.79. The number of rotatable bonds is 4. The summed E-state index contributed by atoms with van der Waals surface area (Å²) in [7, 11) is 0. The maximum absolute atomic E-state index is 6.03. The number of anilines is 1. The summed E-state index contributed by atoms with van der Waals surface area (Å²) in [5.74, 6) is 2.17. The van der Waals surface area contributed by atoms with Crippen molar-refractivity contribution in [2.24, 2.45) is 0 Å². The Balaban J connectivity index is 1.59. The summed E-state index contributed by atoms with van der Waals surface area (Å²) in [4.78, 5) is 8.19. The van der Waals surface area contributed by atoms with Crippen LogP contribution >= 0.6 is 0 Å². The van der Waals surface area contributed by atoms with Gasteiger partial charge in [0, 0.05) is 18.0 Å². The largest absolute Gasteiger partial charge is 0.456 e. The van der Waals surface area contributed by atoms with E-state index in [0.29, 0.717) is 23.0 Å². The van der Waals surface area contributed by atoms with Gasteiger partial charge in [-0.1, -0.05) is 32.9 Å². The van der Waals surface area contributed by atoms with E-state index in [-0.39, 0.29) is 17.1 Å². The van der Waals surface area contributed by atoms with Gasteiger partial charge in [-0.3, -0.25) is 4.98 Å². The molecule has 0 fully saturated rings. The van der Waals surface area contributed by atoms with Gasteiger partial charge in [-0.05, 0) is 41.3 Å². The van der Waals surface area contributed by atoms with Gasteiger partial charge in [0.05, 0.1) is 11.8 Å². The first kappa shape index (κ1) is 18.6. The van der Waals surface area contributed by atoms with Crippen LogP contribution in [0.2, 0.25) is 0 Å². The number of aromatic nitrogens is 4. The van der Waals surface area contributed by atoms with Crippen molar-refractivity contribution in [2.75, 3.05) is 5.73 Å². The molecule has 0 radical (unpaired) electrons. The van der Waals surface area contributed by atoms with Crippen LogP contribution in [0.15, 0.2) is 65.5 Å². The second kappa shape index (κ2) is 7.35. The maximum Gasteiger partial charge on any atom is 0.252 e.